The Balaban J connectivity index is 1.66. The fourth-order valence-electron chi connectivity index (χ4n) is 2.78. The SMILES string of the molecule is CCC(C)NC1CCN(CCc2ccccc2)CC1. The van der Waals surface area contributed by atoms with Crippen molar-refractivity contribution in [3.8, 4) is 0 Å². The van der Waals surface area contributed by atoms with Gasteiger partial charge in [0.15, 0.2) is 0 Å². The molecule has 1 fully saturated rings. The molecule has 1 heterocycles. The number of nitrogens with zero attached hydrogens (tertiary/aromatic N) is 1. The third-order valence-electron chi connectivity index (χ3n) is 4.28. The minimum Gasteiger partial charge on any atom is -0.311 e. The van der Waals surface area contributed by atoms with E-state index >= 15 is 0 Å². The Morgan fingerprint density at radius 1 is 1.21 bits per heavy atom. The first kappa shape index (κ1) is 14.5. The van der Waals surface area contributed by atoms with Crippen LogP contribution in [-0.4, -0.2) is 36.6 Å². The lowest BCUT2D eigenvalue weighted by molar-refractivity contribution is 0.193. The monoisotopic (exact) mass is 260 g/mol. The lowest BCUT2D eigenvalue weighted by atomic mass is 10.0. The molecule has 2 heteroatoms. The van der Waals surface area contributed by atoms with E-state index in [-0.39, 0.29) is 0 Å². The molecule has 19 heavy (non-hydrogen) atoms. The molecule has 0 aliphatic carbocycles. The van der Waals surface area contributed by atoms with Gasteiger partial charge in [-0.15, -0.1) is 0 Å². The Morgan fingerprint density at radius 2 is 1.89 bits per heavy atom. The molecule has 106 valence electrons. The van der Waals surface area contributed by atoms with Gasteiger partial charge in [0.1, 0.15) is 0 Å². The summed E-state index contributed by atoms with van der Waals surface area (Å²) < 4.78 is 0. The van der Waals surface area contributed by atoms with Crippen LogP contribution in [-0.2, 0) is 6.42 Å². The lowest BCUT2D eigenvalue weighted by Gasteiger charge is -2.33. The average Bonchev–Trinajstić information content (AvgIpc) is 2.47. The smallest absolute Gasteiger partial charge is 0.00938 e. The van der Waals surface area contributed by atoms with Crippen LogP contribution in [0, 0.1) is 0 Å². The lowest BCUT2D eigenvalue weighted by Crippen LogP contribution is -2.45. The quantitative estimate of drug-likeness (QED) is 0.845. The number of piperidine rings is 1. The van der Waals surface area contributed by atoms with Crippen molar-refractivity contribution in [2.45, 2.75) is 51.6 Å². The summed E-state index contributed by atoms with van der Waals surface area (Å²) in [5.74, 6) is 0. The molecule has 1 saturated heterocycles. The summed E-state index contributed by atoms with van der Waals surface area (Å²) in [6.07, 6.45) is 5.02. The molecule has 0 saturated carbocycles. The van der Waals surface area contributed by atoms with Gasteiger partial charge < -0.3 is 10.2 Å². The molecule has 2 rings (SSSR count). The summed E-state index contributed by atoms with van der Waals surface area (Å²) in [7, 11) is 0. The molecule has 0 spiro atoms. The van der Waals surface area contributed by atoms with Gasteiger partial charge in [0.2, 0.25) is 0 Å². The van der Waals surface area contributed by atoms with E-state index in [1.165, 1.54) is 50.9 Å². The summed E-state index contributed by atoms with van der Waals surface area (Å²) in [6, 6.07) is 12.2. The minimum atomic E-state index is 0.667. The summed E-state index contributed by atoms with van der Waals surface area (Å²) in [5.41, 5.74) is 1.46. The zero-order valence-electron chi connectivity index (χ0n) is 12.4. The zero-order chi connectivity index (χ0) is 13.5. The van der Waals surface area contributed by atoms with Crippen molar-refractivity contribution >= 4 is 0 Å². The molecular weight excluding hydrogens is 232 g/mol. The van der Waals surface area contributed by atoms with Crippen LogP contribution >= 0.6 is 0 Å². The number of hydrogen-bond acceptors (Lipinski definition) is 2. The van der Waals surface area contributed by atoms with Crippen LogP contribution in [0.2, 0.25) is 0 Å². The first-order chi connectivity index (χ1) is 9.28. The number of hydrogen-bond donors (Lipinski definition) is 1. The van der Waals surface area contributed by atoms with Crippen molar-refractivity contribution in [2.24, 2.45) is 0 Å². The second-order valence-corrected chi connectivity index (χ2v) is 5.83. The number of benzene rings is 1. The van der Waals surface area contributed by atoms with E-state index in [0.717, 1.165) is 6.04 Å². The molecule has 1 unspecified atom stereocenters. The Labute approximate surface area is 118 Å². The predicted octanol–water partition coefficient (Wildman–Crippen LogP) is 3.08. The number of likely N-dealkylation sites (tertiary alicyclic amines) is 1. The molecule has 1 aromatic carbocycles. The maximum Gasteiger partial charge on any atom is 0.00938 e. The van der Waals surface area contributed by atoms with E-state index in [4.69, 9.17) is 0 Å². The van der Waals surface area contributed by atoms with E-state index in [1.807, 2.05) is 0 Å². The second kappa shape index (κ2) is 7.66. The van der Waals surface area contributed by atoms with Crippen LogP contribution in [0.4, 0.5) is 0 Å². The van der Waals surface area contributed by atoms with Crippen LogP contribution < -0.4 is 5.32 Å². The highest BCUT2D eigenvalue weighted by Gasteiger charge is 2.19. The molecule has 0 aromatic heterocycles. The maximum atomic E-state index is 3.74. The molecule has 1 aliphatic rings. The Bertz CT molecular complexity index is 342. The van der Waals surface area contributed by atoms with Gasteiger partial charge in [0.25, 0.3) is 0 Å². The molecule has 0 radical (unpaired) electrons. The highest BCUT2D eigenvalue weighted by Crippen LogP contribution is 2.12. The van der Waals surface area contributed by atoms with Gasteiger partial charge in [-0.05, 0) is 51.3 Å². The van der Waals surface area contributed by atoms with Crippen LogP contribution in [0.1, 0.15) is 38.7 Å². The van der Waals surface area contributed by atoms with Crippen molar-refractivity contribution < 1.29 is 0 Å². The number of nitrogens with one attached hydrogen (secondary N) is 1. The highest BCUT2D eigenvalue weighted by atomic mass is 15.1. The van der Waals surface area contributed by atoms with Crippen molar-refractivity contribution in [1.82, 2.24) is 10.2 Å². The molecule has 1 aromatic rings. The number of rotatable bonds is 6. The van der Waals surface area contributed by atoms with Gasteiger partial charge in [0.05, 0.1) is 0 Å². The third-order valence-corrected chi connectivity index (χ3v) is 4.28. The first-order valence-corrected chi connectivity index (χ1v) is 7.80. The van der Waals surface area contributed by atoms with Gasteiger partial charge in [-0.2, -0.15) is 0 Å². The Kier molecular flexibility index (Phi) is 5.87. The van der Waals surface area contributed by atoms with Crippen LogP contribution in [0.3, 0.4) is 0 Å². The van der Waals surface area contributed by atoms with Gasteiger partial charge >= 0.3 is 0 Å². The topological polar surface area (TPSA) is 15.3 Å². The van der Waals surface area contributed by atoms with Crippen molar-refractivity contribution in [3.63, 3.8) is 0 Å². The molecule has 0 amide bonds. The fourth-order valence-corrected chi connectivity index (χ4v) is 2.78. The average molecular weight is 260 g/mol. The van der Waals surface area contributed by atoms with E-state index < -0.39 is 0 Å². The van der Waals surface area contributed by atoms with Gasteiger partial charge in [-0.25, -0.2) is 0 Å². The zero-order valence-corrected chi connectivity index (χ0v) is 12.4. The third kappa shape index (κ3) is 4.96. The normalized spacial score (nSPS) is 19.5. The van der Waals surface area contributed by atoms with E-state index in [9.17, 15) is 0 Å². The first-order valence-electron chi connectivity index (χ1n) is 7.80. The maximum absolute atomic E-state index is 3.74. The van der Waals surface area contributed by atoms with Crippen molar-refractivity contribution in [1.29, 1.82) is 0 Å². The second-order valence-electron chi connectivity index (χ2n) is 5.83. The van der Waals surface area contributed by atoms with Gasteiger partial charge in [0, 0.05) is 18.6 Å². The van der Waals surface area contributed by atoms with Crippen LogP contribution in [0.5, 0.6) is 0 Å². The molecule has 1 atom stereocenters. The fraction of sp³-hybridized carbons (Fsp3) is 0.647. The van der Waals surface area contributed by atoms with E-state index in [1.54, 1.807) is 0 Å². The molecule has 0 bridgehead atoms. The predicted molar refractivity (Wildman–Crippen MR) is 82.5 cm³/mol. The molecular formula is C17H28N2. The molecule has 2 nitrogen and oxygen atoms in total. The van der Waals surface area contributed by atoms with E-state index in [0.29, 0.717) is 6.04 Å². The van der Waals surface area contributed by atoms with E-state index in [2.05, 4.69) is 54.4 Å². The van der Waals surface area contributed by atoms with Crippen molar-refractivity contribution in [3.05, 3.63) is 35.9 Å². The van der Waals surface area contributed by atoms with Crippen LogP contribution in [0.15, 0.2) is 30.3 Å². The largest absolute Gasteiger partial charge is 0.311 e. The van der Waals surface area contributed by atoms with Gasteiger partial charge in [-0.3, -0.25) is 0 Å². The van der Waals surface area contributed by atoms with Gasteiger partial charge in [-0.1, -0.05) is 37.3 Å². The summed E-state index contributed by atoms with van der Waals surface area (Å²) in [6.45, 7) is 8.26. The summed E-state index contributed by atoms with van der Waals surface area (Å²) in [5, 5.41) is 3.74. The highest BCUT2D eigenvalue weighted by molar-refractivity contribution is 5.14. The molecule has 1 aliphatic heterocycles. The van der Waals surface area contributed by atoms with Crippen molar-refractivity contribution in [2.75, 3.05) is 19.6 Å². The molecule has 1 N–H and O–H groups in total. The summed E-state index contributed by atoms with van der Waals surface area (Å²) in [4.78, 5) is 2.61. The standard InChI is InChI=1S/C17H28N2/c1-3-15(2)18-17-10-13-19(14-11-17)12-9-16-7-5-4-6-8-16/h4-8,15,17-18H,3,9-14H2,1-2H3. The summed E-state index contributed by atoms with van der Waals surface area (Å²) >= 11 is 0. The Morgan fingerprint density at radius 3 is 2.53 bits per heavy atom. The van der Waals surface area contributed by atoms with Crippen LogP contribution in [0.25, 0.3) is 0 Å². The Hall–Kier alpha value is -0.860. The minimum absolute atomic E-state index is 0.667.